The van der Waals surface area contributed by atoms with E-state index in [1.165, 1.54) is 159 Å². The van der Waals surface area contributed by atoms with Crippen LogP contribution in [0.1, 0.15) is 221 Å². The van der Waals surface area contributed by atoms with E-state index in [9.17, 15) is 9.59 Å². The zero-order valence-electron chi connectivity index (χ0n) is 44.3. The van der Waals surface area contributed by atoms with E-state index in [2.05, 4.69) is 114 Å². The first-order valence-electron chi connectivity index (χ1n) is 27.8. The molecule has 0 saturated heterocycles. The molecule has 0 aliphatic heterocycles. The van der Waals surface area contributed by atoms with Crippen molar-refractivity contribution >= 4 is 35.3 Å². The molecule has 6 nitrogen and oxygen atoms in total. The van der Waals surface area contributed by atoms with Gasteiger partial charge < -0.3 is 20.4 Å². The van der Waals surface area contributed by atoms with E-state index in [4.69, 9.17) is 0 Å². The van der Waals surface area contributed by atoms with Crippen LogP contribution < -0.4 is 10.6 Å². The van der Waals surface area contributed by atoms with Gasteiger partial charge in [-0.2, -0.15) is 23.5 Å². The molecule has 0 radical (unpaired) electrons. The van der Waals surface area contributed by atoms with Gasteiger partial charge in [0.05, 0.1) is 0 Å². The lowest BCUT2D eigenvalue weighted by Crippen LogP contribution is -2.34. The lowest BCUT2D eigenvalue weighted by atomic mass is 9.79. The first kappa shape index (κ1) is 59.7. The molecule has 0 heterocycles. The van der Waals surface area contributed by atoms with Crippen LogP contribution in [0.25, 0.3) is 0 Å². The van der Waals surface area contributed by atoms with Gasteiger partial charge in [0.1, 0.15) is 0 Å². The highest BCUT2D eigenvalue weighted by molar-refractivity contribution is 8.00. The molecule has 2 aliphatic carbocycles. The van der Waals surface area contributed by atoms with Gasteiger partial charge in [0.25, 0.3) is 0 Å². The maximum Gasteiger partial charge on any atom is 0.223 e. The fourth-order valence-electron chi connectivity index (χ4n) is 10.5. The molecule has 2 unspecified atom stereocenters. The lowest BCUT2D eigenvalue weighted by molar-refractivity contribution is -0.127. The topological polar surface area (TPSA) is 64.7 Å². The monoisotopic (exact) mass is 935 g/mol. The van der Waals surface area contributed by atoms with Gasteiger partial charge in [-0.05, 0) is 154 Å². The van der Waals surface area contributed by atoms with Crippen LogP contribution in [0.2, 0.25) is 0 Å². The van der Waals surface area contributed by atoms with E-state index < -0.39 is 0 Å². The fraction of sp³-hybridized carbons (Fsp3) is 0.964. The van der Waals surface area contributed by atoms with Crippen molar-refractivity contribution < 1.29 is 9.59 Å². The second kappa shape index (κ2) is 37.5. The maximum absolute atomic E-state index is 13.1. The van der Waals surface area contributed by atoms with E-state index in [1.54, 1.807) is 0 Å². The van der Waals surface area contributed by atoms with Crippen LogP contribution in [0.5, 0.6) is 0 Å². The normalized spacial score (nSPS) is 21.4. The minimum Gasteiger partial charge on any atom is -0.356 e. The molecule has 0 bridgehead atoms. The van der Waals surface area contributed by atoms with Crippen LogP contribution in [0.15, 0.2) is 0 Å². The van der Waals surface area contributed by atoms with Crippen molar-refractivity contribution in [1.29, 1.82) is 0 Å². The van der Waals surface area contributed by atoms with Crippen molar-refractivity contribution in [3.63, 3.8) is 0 Å². The summed E-state index contributed by atoms with van der Waals surface area (Å²) in [6.45, 7) is 18.5. The summed E-state index contributed by atoms with van der Waals surface area (Å²) in [6, 6.07) is 0. The van der Waals surface area contributed by atoms with Gasteiger partial charge in [-0.25, -0.2) is 0 Å². The average molecular weight is 936 g/mol. The summed E-state index contributed by atoms with van der Waals surface area (Å²) < 4.78 is 0. The Morgan fingerprint density at radius 2 is 0.922 bits per heavy atom. The molecule has 0 aromatic rings. The van der Waals surface area contributed by atoms with Gasteiger partial charge in [-0.15, -0.1) is 0 Å². The highest BCUT2D eigenvalue weighted by Gasteiger charge is 2.29. The van der Waals surface area contributed by atoms with Crippen molar-refractivity contribution in [2.45, 2.75) is 232 Å². The van der Waals surface area contributed by atoms with E-state index in [1.807, 2.05) is 0 Å². The number of carbonyl (C=O) groups is 2. The number of thioether (sulfide) groups is 2. The molecule has 64 heavy (non-hydrogen) atoms. The predicted molar refractivity (Wildman–Crippen MR) is 287 cm³/mol. The molecule has 2 rings (SSSR count). The van der Waals surface area contributed by atoms with E-state index in [0.717, 1.165) is 104 Å². The largest absolute Gasteiger partial charge is 0.356 e. The zero-order valence-corrected chi connectivity index (χ0v) is 46.0. The second-order valence-electron chi connectivity index (χ2n) is 22.7. The Bertz CT molecular complexity index is 1120. The number of nitrogens with zero attached hydrogens (tertiary/aromatic N) is 2. The molecule has 2 fully saturated rings. The Hall–Kier alpha value is -0.440. The summed E-state index contributed by atoms with van der Waals surface area (Å²) >= 11 is 4.43. The Morgan fingerprint density at radius 1 is 0.484 bits per heavy atom. The van der Waals surface area contributed by atoms with Crippen LogP contribution in [0.3, 0.4) is 0 Å². The van der Waals surface area contributed by atoms with E-state index in [-0.39, 0.29) is 11.8 Å². The molecule has 2 aliphatic rings. The molecular weight excluding hydrogens is 825 g/mol. The molecule has 2 amide bonds. The van der Waals surface area contributed by atoms with Crippen molar-refractivity contribution in [3.05, 3.63) is 0 Å². The molecule has 0 spiro atoms. The molecule has 0 aromatic carbocycles. The second-order valence-corrected chi connectivity index (χ2v) is 25.4. The van der Waals surface area contributed by atoms with Gasteiger partial charge in [0.15, 0.2) is 0 Å². The maximum atomic E-state index is 13.1. The Kier molecular flexibility index (Phi) is 34.9. The van der Waals surface area contributed by atoms with Gasteiger partial charge >= 0.3 is 0 Å². The lowest BCUT2D eigenvalue weighted by Gasteiger charge is -2.31. The van der Waals surface area contributed by atoms with Gasteiger partial charge in [0.2, 0.25) is 11.8 Å². The smallest absolute Gasteiger partial charge is 0.223 e. The number of carbonyl (C=O) groups excluding carboxylic acids is 2. The van der Waals surface area contributed by atoms with Gasteiger partial charge in [0, 0.05) is 60.0 Å². The summed E-state index contributed by atoms with van der Waals surface area (Å²) in [4.78, 5) is 30.5. The Balaban J connectivity index is 1.45. The zero-order chi connectivity index (χ0) is 47.0. The molecule has 2 saturated carbocycles. The Morgan fingerprint density at radius 3 is 1.38 bits per heavy atom. The third-order valence-corrected chi connectivity index (χ3v) is 18.5. The summed E-state index contributed by atoms with van der Waals surface area (Å²) in [5.41, 5.74) is 0. The molecule has 2 N–H and O–H groups in total. The van der Waals surface area contributed by atoms with E-state index in [0.29, 0.717) is 11.8 Å². The Labute approximate surface area is 408 Å². The summed E-state index contributed by atoms with van der Waals surface area (Å²) in [5.74, 6) is 8.46. The van der Waals surface area contributed by atoms with Gasteiger partial charge in [-0.3, -0.25) is 9.59 Å². The summed E-state index contributed by atoms with van der Waals surface area (Å²) in [7, 11) is 8.77. The number of hydrogen-bond donors (Lipinski definition) is 2. The molecule has 0 aromatic heterocycles. The minimum atomic E-state index is 0.234. The van der Waals surface area contributed by atoms with E-state index >= 15 is 0 Å². The summed E-state index contributed by atoms with van der Waals surface area (Å²) in [6.07, 6.45) is 35.6. The van der Waals surface area contributed by atoms with Crippen molar-refractivity contribution in [2.24, 2.45) is 47.3 Å². The first-order valence-corrected chi connectivity index (χ1v) is 29.9. The number of amides is 2. The van der Waals surface area contributed by atoms with Crippen LogP contribution >= 0.6 is 23.5 Å². The summed E-state index contributed by atoms with van der Waals surface area (Å²) in [5, 5.41) is 8.10. The number of rotatable bonds is 39. The van der Waals surface area contributed by atoms with Crippen molar-refractivity contribution in [3.8, 4) is 0 Å². The number of unbranched alkanes of at least 4 members (excludes halogenated alkanes) is 9. The molecule has 8 heteroatoms. The van der Waals surface area contributed by atoms with Crippen LogP contribution in [-0.4, -0.2) is 98.0 Å². The predicted octanol–water partition coefficient (Wildman–Crippen LogP) is 14.5. The third kappa shape index (κ3) is 30.1. The van der Waals surface area contributed by atoms with Crippen LogP contribution in [-0.2, 0) is 9.59 Å². The standard InChI is InChI=1S/C56H110N4O2S2/c1-45(2)23-21-24-47(5)25-22-26-49-28-33-51(34-29-49)55(61)57-39-19-17-15-13-11-12-14-16-18-20-40-58-56(62)52-35-30-50(31-36-52)32-38-54(64-44-42-60(9)10)48(6)27-37-53(46(3)4)63-43-41-59(7)8/h45-54H,11-44H2,1-10H3,(H,57,61)(H,58,62)/t47-,48+,49?,50?,51?,52?,53?,54?/m1/s1. The average Bonchev–Trinajstić information content (AvgIpc) is 3.25. The third-order valence-electron chi connectivity index (χ3n) is 15.3. The first-order chi connectivity index (χ1) is 30.7. The van der Waals surface area contributed by atoms with Crippen molar-refractivity contribution in [1.82, 2.24) is 20.4 Å². The van der Waals surface area contributed by atoms with Crippen molar-refractivity contribution in [2.75, 3.05) is 65.9 Å². The molecular formula is C56H110N4O2S2. The van der Waals surface area contributed by atoms with Crippen LogP contribution in [0.4, 0.5) is 0 Å². The SMILES string of the molecule is CC(C)CCC[C@@H](C)CCCC1CCC(C(=O)NCCCCCCCCCCCCNC(=O)C2CCC(CCC(SCCN(C)C)[C@@H](C)CCC(SCCN(C)C)C(C)C)CC2)CC1. The quantitative estimate of drug-likeness (QED) is 0.0599. The highest BCUT2D eigenvalue weighted by atomic mass is 32.2. The molecule has 4 atom stereocenters. The molecule has 378 valence electrons. The minimum absolute atomic E-state index is 0.234. The van der Waals surface area contributed by atoms with Crippen LogP contribution in [0, 0.1) is 47.3 Å². The number of nitrogens with one attached hydrogen (secondary N) is 2. The fourth-order valence-corrected chi connectivity index (χ4v) is 13.5. The highest BCUT2D eigenvalue weighted by Crippen LogP contribution is 2.37. The number of hydrogen-bond acceptors (Lipinski definition) is 6. The van der Waals surface area contributed by atoms with Gasteiger partial charge in [-0.1, -0.05) is 131 Å².